The summed E-state index contributed by atoms with van der Waals surface area (Å²) in [5.41, 5.74) is 3.55. The second-order valence-corrected chi connectivity index (χ2v) is 6.64. The Hall–Kier alpha value is -2.61. The van der Waals surface area contributed by atoms with Gasteiger partial charge in [0.2, 0.25) is 0 Å². The molecule has 2 aromatic rings. The molecule has 7 nitrogen and oxygen atoms in total. The first-order valence-electron chi connectivity index (χ1n) is 9.34. The fraction of sp³-hybridized carbons (Fsp3) is 0.500. The number of aryl methyl sites for hydroxylation is 1. The van der Waals surface area contributed by atoms with Crippen molar-refractivity contribution in [2.24, 2.45) is 0 Å². The Morgan fingerprint density at radius 1 is 1.39 bits per heavy atom. The Morgan fingerprint density at radius 3 is 2.96 bits per heavy atom. The van der Waals surface area contributed by atoms with E-state index < -0.39 is 12.8 Å². The van der Waals surface area contributed by atoms with Gasteiger partial charge in [-0.1, -0.05) is 6.07 Å². The van der Waals surface area contributed by atoms with Crippen LogP contribution in [0.5, 0.6) is 5.75 Å². The Kier molecular flexibility index (Phi) is 6.51. The molecule has 0 saturated carbocycles. The molecule has 1 saturated heterocycles. The van der Waals surface area contributed by atoms with E-state index in [1.54, 1.807) is 12.0 Å². The number of halogens is 1. The number of amides is 1. The molecule has 0 bridgehead atoms. The standard InChI is InChI=1S/C20H26FN3O4/c1-14-19(15(2)24(22-14)16-6-4-7-17(12-16)26-3)18-13-27-11-9-23(18)20(25)28-10-5-8-21/h4,6-7,12,18H,5,8-11,13H2,1-3H3. The highest BCUT2D eigenvalue weighted by atomic mass is 19.1. The average molecular weight is 391 g/mol. The van der Waals surface area contributed by atoms with Crippen molar-refractivity contribution >= 4 is 6.09 Å². The summed E-state index contributed by atoms with van der Waals surface area (Å²) in [6.07, 6.45) is -0.248. The SMILES string of the molecule is COc1cccc(-n2nc(C)c(C3COCCN3C(=O)OCCCF)c2C)c1. The summed E-state index contributed by atoms with van der Waals surface area (Å²) >= 11 is 0. The van der Waals surface area contributed by atoms with Crippen LogP contribution < -0.4 is 4.74 Å². The number of aromatic nitrogens is 2. The number of carbonyl (C=O) groups excluding carboxylic acids is 1. The first kappa shape index (κ1) is 20.1. The third-order valence-corrected chi connectivity index (χ3v) is 4.84. The number of hydrogen-bond donors (Lipinski definition) is 0. The van der Waals surface area contributed by atoms with Gasteiger partial charge in [-0.25, -0.2) is 9.48 Å². The molecule has 0 spiro atoms. The van der Waals surface area contributed by atoms with Gasteiger partial charge in [0.05, 0.1) is 51.0 Å². The molecular weight excluding hydrogens is 365 g/mol. The molecule has 1 atom stereocenters. The van der Waals surface area contributed by atoms with Crippen molar-refractivity contribution in [1.29, 1.82) is 0 Å². The minimum absolute atomic E-state index is 0.0699. The second-order valence-electron chi connectivity index (χ2n) is 6.64. The fourth-order valence-corrected chi connectivity index (χ4v) is 3.49. The lowest BCUT2D eigenvalue weighted by atomic mass is 10.0. The van der Waals surface area contributed by atoms with Crippen LogP contribution >= 0.6 is 0 Å². The van der Waals surface area contributed by atoms with Crippen LogP contribution in [0.1, 0.15) is 29.4 Å². The zero-order valence-corrected chi connectivity index (χ0v) is 16.5. The summed E-state index contributed by atoms with van der Waals surface area (Å²) in [7, 11) is 1.62. The number of benzene rings is 1. The largest absolute Gasteiger partial charge is 0.497 e. The number of alkyl halides is 1. The van der Waals surface area contributed by atoms with E-state index in [1.807, 2.05) is 42.8 Å². The van der Waals surface area contributed by atoms with E-state index in [0.717, 1.165) is 28.4 Å². The van der Waals surface area contributed by atoms with E-state index in [2.05, 4.69) is 5.10 Å². The van der Waals surface area contributed by atoms with Gasteiger partial charge in [-0.2, -0.15) is 5.10 Å². The monoisotopic (exact) mass is 391 g/mol. The van der Waals surface area contributed by atoms with Crippen LogP contribution in [-0.4, -0.2) is 60.9 Å². The average Bonchev–Trinajstić information content (AvgIpc) is 3.02. The quantitative estimate of drug-likeness (QED) is 0.707. The van der Waals surface area contributed by atoms with Gasteiger partial charge in [0.25, 0.3) is 0 Å². The second kappa shape index (κ2) is 9.05. The summed E-state index contributed by atoms with van der Waals surface area (Å²) < 4.78 is 30.3. The molecule has 2 heterocycles. The minimum atomic E-state index is -0.509. The molecular formula is C20H26FN3O4. The Labute approximate surface area is 164 Å². The highest BCUT2D eigenvalue weighted by molar-refractivity contribution is 5.68. The molecule has 152 valence electrons. The fourth-order valence-electron chi connectivity index (χ4n) is 3.49. The van der Waals surface area contributed by atoms with E-state index in [4.69, 9.17) is 14.2 Å². The first-order valence-corrected chi connectivity index (χ1v) is 9.34. The van der Waals surface area contributed by atoms with Gasteiger partial charge >= 0.3 is 6.09 Å². The van der Waals surface area contributed by atoms with Crippen LogP contribution in [0, 0.1) is 13.8 Å². The van der Waals surface area contributed by atoms with E-state index >= 15 is 0 Å². The molecule has 1 amide bonds. The van der Waals surface area contributed by atoms with Crippen LogP contribution in [0.3, 0.4) is 0 Å². The number of rotatable bonds is 6. The Bertz CT molecular complexity index is 824. The van der Waals surface area contributed by atoms with Crippen molar-refractivity contribution in [3.05, 3.63) is 41.2 Å². The number of nitrogens with zero attached hydrogens (tertiary/aromatic N) is 3. The minimum Gasteiger partial charge on any atom is -0.497 e. The third kappa shape index (κ3) is 4.11. The highest BCUT2D eigenvalue weighted by Crippen LogP contribution is 2.31. The lowest BCUT2D eigenvalue weighted by Gasteiger charge is -2.35. The van der Waals surface area contributed by atoms with Crippen molar-refractivity contribution < 1.29 is 23.4 Å². The third-order valence-electron chi connectivity index (χ3n) is 4.84. The topological polar surface area (TPSA) is 65.8 Å². The lowest BCUT2D eigenvalue weighted by molar-refractivity contribution is -0.0106. The van der Waals surface area contributed by atoms with Gasteiger partial charge in [-0.3, -0.25) is 9.29 Å². The number of carbonyl (C=O) groups is 1. The number of morpholine rings is 1. The summed E-state index contributed by atoms with van der Waals surface area (Å²) in [5, 5.41) is 4.68. The summed E-state index contributed by atoms with van der Waals surface area (Å²) in [6, 6.07) is 7.34. The van der Waals surface area contributed by atoms with Gasteiger partial charge in [-0.15, -0.1) is 0 Å². The molecule has 3 rings (SSSR count). The van der Waals surface area contributed by atoms with E-state index in [-0.39, 0.29) is 19.1 Å². The maximum atomic E-state index is 12.5. The lowest BCUT2D eigenvalue weighted by Crippen LogP contribution is -2.44. The van der Waals surface area contributed by atoms with Crippen molar-refractivity contribution in [2.45, 2.75) is 26.3 Å². The van der Waals surface area contributed by atoms with E-state index in [0.29, 0.717) is 19.8 Å². The van der Waals surface area contributed by atoms with Gasteiger partial charge in [0.15, 0.2) is 0 Å². The molecule has 1 unspecified atom stereocenters. The summed E-state index contributed by atoms with van der Waals surface area (Å²) in [6.45, 7) is 4.67. The molecule has 8 heteroatoms. The molecule has 1 aliphatic rings. The van der Waals surface area contributed by atoms with Gasteiger partial charge < -0.3 is 14.2 Å². The van der Waals surface area contributed by atoms with E-state index in [9.17, 15) is 9.18 Å². The molecule has 0 aliphatic carbocycles. The van der Waals surface area contributed by atoms with Gasteiger partial charge in [-0.05, 0) is 26.0 Å². The summed E-state index contributed by atoms with van der Waals surface area (Å²) in [5.74, 6) is 0.741. The number of ether oxygens (including phenoxy) is 3. The van der Waals surface area contributed by atoms with Crippen molar-refractivity contribution in [3.63, 3.8) is 0 Å². The Balaban J connectivity index is 1.90. The van der Waals surface area contributed by atoms with Gasteiger partial charge in [0, 0.05) is 30.3 Å². The molecule has 28 heavy (non-hydrogen) atoms. The summed E-state index contributed by atoms with van der Waals surface area (Å²) in [4.78, 5) is 14.2. The van der Waals surface area contributed by atoms with Crippen molar-refractivity contribution in [3.8, 4) is 11.4 Å². The van der Waals surface area contributed by atoms with Crippen molar-refractivity contribution in [1.82, 2.24) is 14.7 Å². The predicted octanol–water partition coefficient (Wildman–Crippen LogP) is 3.37. The molecule has 1 aromatic carbocycles. The van der Waals surface area contributed by atoms with Crippen LogP contribution in [0.4, 0.5) is 9.18 Å². The van der Waals surface area contributed by atoms with Crippen LogP contribution in [0.25, 0.3) is 5.69 Å². The molecule has 1 fully saturated rings. The molecule has 0 N–H and O–H groups in total. The molecule has 0 radical (unpaired) electrons. The van der Waals surface area contributed by atoms with Crippen LogP contribution in [-0.2, 0) is 9.47 Å². The van der Waals surface area contributed by atoms with Crippen molar-refractivity contribution in [2.75, 3.05) is 40.1 Å². The van der Waals surface area contributed by atoms with Gasteiger partial charge in [0.1, 0.15) is 5.75 Å². The maximum Gasteiger partial charge on any atom is 0.410 e. The zero-order chi connectivity index (χ0) is 20.1. The number of methoxy groups -OCH3 is 1. The van der Waals surface area contributed by atoms with Crippen LogP contribution in [0.15, 0.2) is 24.3 Å². The normalized spacial score (nSPS) is 16.9. The smallest absolute Gasteiger partial charge is 0.410 e. The van der Waals surface area contributed by atoms with E-state index in [1.165, 1.54) is 0 Å². The van der Waals surface area contributed by atoms with Crippen LogP contribution in [0.2, 0.25) is 0 Å². The Morgan fingerprint density at radius 2 is 2.21 bits per heavy atom. The molecule has 1 aromatic heterocycles. The molecule has 1 aliphatic heterocycles. The first-order chi connectivity index (χ1) is 13.6. The predicted molar refractivity (Wildman–Crippen MR) is 102 cm³/mol. The zero-order valence-electron chi connectivity index (χ0n) is 16.5. The maximum absolute atomic E-state index is 12.5. The number of hydrogen-bond acceptors (Lipinski definition) is 5. The highest BCUT2D eigenvalue weighted by Gasteiger charge is 2.33.